The first kappa shape index (κ1) is 13.9. The molecular weight excluding hydrogens is 276 g/mol. The summed E-state index contributed by atoms with van der Waals surface area (Å²) in [6.45, 7) is 0. The van der Waals surface area contributed by atoms with Gasteiger partial charge in [0.2, 0.25) is 0 Å². The van der Waals surface area contributed by atoms with Crippen LogP contribution in [0.1, 0.15) is 10.4 Å². The molecule has 2 aromatic carbocycles. The van der Waals surface area contributed by atoms with Gasteiger partial charge in [-0.1, -0.05) is 6.07 Å². The van der Waals surface area contributed by atoms with E-state index in [2.05, 4.69) is 0 Å². The van der Waals surface area contributed by atoms with Crippen LogP contribution in [0.5, 0.6) is 0 Å². The molecule has 104 valence electrons. The average Bonchev–Trinajstić information content (AvgIpc) is 2.38. The minimum Gasteiger partial charge on any atom is -0.396 e. The molecule has 0 radical (unpaired) electrons. The number of nitrogen functional groups attached to an aromatic ring is 1. The maximum atomic E-state index is 13.4. The Morgan fingerprint density at radius 2 is 1.55 bits per heavy atom. The SMILES string of the molecule is Nc1cc(C(=O)Nc2c(F)cccc2F)c(F)cc1F. The summed E-state index contributed by atoms with van der Waals surface area (Å²) in [5.74, 6) is -5.40. The van der Waals surface area contributed by atoms with Gasteiger partial charge in [0, 0.05) is 6.07 Å². The van der Waals surface area contributed by atoms with Crippen molar-refractivity contribution in [2.24, 2.45) is 0 Å². The number of benzene rings is 2. The van der Waals surface area contributed by atoms with Crippen LogP contribution in [0.3, 0.4) is 0 Å². The van der Waals surface area contributed by atoms with E-state index in [1.807, 2.05) is 5.32 Å². The Balaban J connectivity index is 2.36. The third-order valence-electron chi connectivity index (χ3n) is 2.53. The zero-order chi connectivity index (χ0) is 14.9. The largest absolute Gasteiger partial charge is 0.396 e. The van der Waals surface area contributed by atoms with Gasteiger partial charge in [0.1, 0.15) is 29.0 Å². The molecule has 0 saturated heterocycles. The Morgan fingerprint density at radius 1 is 0.950 bits per heavy atom. The second kappa shape index (κ2) is 5.20. The van der Waals surface area contributed by atoms with Crippen molar-refractivity contribution in [1.82, 2.24) is 0 Å². The first-order valence-corrected chi connectivity index (χ1v) is 5.40. The summed E-state index contributed by atoms with van der Waals surface area (Å²) in [6.07, 6.45) is 0. The second-order valence-corrected chi connectivity index (χ2v) is 3.90. The number of amides is 1. The first-order chi connectivity index (χ1) is 9.40. The van der Waals surface area contributed by atoms with Gasteiger partial charge in [0.25, 0.3) is 5.91 Å². The molecule has 7 heteroatoms. The fraction of sp³-hybridized carbons (Fsp3) is 0. The molecule has 0 unspecified atom stereocenters. The molecule has 0 heterocycles. The van der Waals surface area contributed by atoms with Gasteiger partial charge < -0.3 is 11.1 Å². The molecule has 0 fully saturated rings. The molecule has 0 aromatic heterocycles. The van der Waals surface area contributed by atoms with Crippen molar-refractivity contribution in [3.63, 3.8) is 0 Å². The lowest BCUT2D eigenvalue weighted by Gasteiger charge is -2.09. The molecule has 0 aliphatic rings. The van der Waals surface area contributed by atoms with Crippen LogP contribution in [0, 0.1) is 23.3 Å². The number of carbonyl (C=O) groups is 1. The standard InChI is InChI=1S/C13H8F4N2O/c14-7-2-1-3-8(15)12(7)19-13(20)6-4-11(18)10(17)5-9(6)16/h1-5H,18H2,(H,19,20). The number of hydrogen-bond acceptors (Lipinski definition) is 2. The topological polar surface area (TPSA) is 55.1 Å². The van der Waals surface area contributed by atoms with Gasteiger partial charge in [-0.25, -0.2) is 17.6 Å². The lowest BCUT2D eigenvalue weighted by Crippen LogP contribution is -2.16. The van der Waals surface area contributed by atoms with Gasteiger partial charge in [-0.05, 0) is 18.2 Å². The van der Waals surface area contributed by atoms with Gasteiger partial charge in [-0.15, -0.1) is 0 Å². The molecular formula is C13H8F4N2O. The monoisotopic (exact) mass is 284 g/mol. The minimum absolute atomic E-state index is 0.419. The molecule has 20 heavy (non-hydrogen) atoms. The van der Waals surface area contributed by atoms with Gasteiger partial charge in [0.05, 0.1) is 11.3 Å². The van der Waals surface area contributed by atoms with Crippen molar-refractivity contribution in [2.45, 2.75) is 0 Å². The summed E-state index contributed by atoms with van der Waals surface area (Å²) in [5, 5.41) is 1.88. The van der Waals surface area contributed by atoms with E-state index in [0.717, 1.165) is 24.3 Å². The van der Waals surface area contributed by atoms with E-state index in [4.69, 9.17) is 5.73 Å². The highest BCUT2D eigenvalue weighted by atomic mass is 19.1. The molecule has 2 rings (SSSR count). The van der Waals surface area contributed by atoms with E-state index < -0.39 is 46.1 Å². The van der Waals surface area contributed by atoms with Gasteiger partial charge in [-0.2, -0.15) is 0 Å². The summed E-state index contributed by atoms with van der Waals surface area (Å²) in [5.41, 5.74) is 3.42. The van der Waals surface area contributed by atoms with Crippen molar-refractivity contribution in [3.05, 3.63) is 59.2 Å². The maximum absolute atomic E-state index is 13.4. The van der Waals surface area contributed by atoms with E-state index >= 15 is 0 Å². The summed E-state index contributed by atoms with van der Waals surface area (Å²) in [7, 11) is 0. The highest BCUT2D eigenvalue weighted by Crippen LogP contribution is 2.21. The third kappa shape index (κ3) is 2.56. The predicted octanol–water partition coefficient (Wildman–Crippen LogP) is 3.08. The molecule has 1 amide bonds. The summed E-state index contributed by atoms with van der Waals surface area (Å²) < 4.78 is 53.1. The van der Waals surface area contributed by atoms with Gasteiger partial charge in [-0.3, -0.25) is 4.79 Å². The number of anilines is 2. The quantitative estimate of drug-likeness (QED) is 0.657. The van der Waals surface area contributed by atoms with Gasteiger partial charge in [0.15, 0.2) is 0 Å². The number of hydrogen-bond donors (Lipinski definition) is 2. The first-order valence-electron chi connectivity index (χ1n) is 5.40. The predicted molar refractivity (Wildman–Crippen MR) is 65.1 cm³/mol. The zero-order valence-electron chi connectivity index (χ0n) is 9.88. The number of nitrogens with one attached hydrogen (secondary N) is 1. The Kier molecular flexibility index (Phi) is 3.60. The molecule has 0 aliphatic heterocycles. The molecule has 3 nitrogen and oxygen atoms in total. The molecule has 0 bridgehead atoms. The van der Waals surface area contributed by atoms with Crippen LogP contribution in [-0.4, -0.2) is 5.91 Å². The maximum Gasteiger partial charge on any atom is 0.258 e. The fourth-order valence-corrected chi connectivity index (χ4v) is 1.54. The Labute approximate surface area is 111 Å². The van der Waals surface area contributed by atoms with Crippen molar-refractivity contribution in [2.75, 3.05) is 11.1 Å². The van der Waals surface area contributed by atoms with Crippen molar-refractivity contribution < 1.29 is 22.4 Å². The number of rotatable bonds is 2. The van der Waals surface area contributed by atoms with E-state index in [9.17, 15) is 22.4 Å². The van der Waals surface area contributed by atoms with Crippen LogP contribution in [-0.2, 0) is 0 Å². The highest BCUT2D eigenvalue weighted by molar-refractivity contribution is 6.05. The smallest absolute Gasteiger partial charge is 0.258 e. The molecule has 0 spiro atoms. The summed E-state index contributed by atoms with van der Waals surface area (Å²) in [6, 6.07) is 4.12. The van der Waals surface area contributed by atoms with Crippen molar-refractivity contribution in [1.29, 1.82) is 0 Å². The van der Waals surface area contributed by atoms with E-state index in [1.54, 1.807) is 0 Å². The summed E-state index contributed by atoms with van der Waals surface area (Å²) in [4.78, 5) is 11.7. The summed E-state index contributed by atoms with van der Waals surface area (Å²) >= 11 is 0. The Hall–Kier alpha value is -2.57. The number of carbonyl (C=O) groups excluding carboxylic acids is 1. The zero-order valence-corrected chi connectivity index (χ0v) is 9.88. The van der Waals surface area contributed by atoms with Crippen LogP contribution < -0.4 is 11.1 Å². The average molecular weight is 284 g/mol. The van der Waals surface area contributed by atoms with E-state index in [1.165, 1.54) is 0 Å². The van der Waals surface area contributed by atoms with Crippen LogP contribution in [0.15, 0.2) is 30.3 Å². The second-order valence-electron chi connectivity index (χ2n) is 3.90. The van der Waals surface area contributed by atoms with Crippen molar-refractivity contribution in [3.8, 4) is 0 Å². The third-order valence-corrected chi connectivity index (χ3v) is 2.53. The number of nitrogens with two attached hydrogens (primary N) is 1. The van der Waals surface area contributed by atoms with Gasteiger partial charge >= 0.3 is 0 Å². The van der Waals surface area contributed by atoms with E-state index in [0.29, 0.717) is 6.07 Å². The van der Waals surface area contributed by atoms with E-state index in [-0.39, 0.29) is 0 Å². The van der Waals surface area contributed by atoms with Crippen LogP contribution >= 0.6 is 0 Å². The fourth-order valence-electron chi connectivity index (χ4n) is 1.54. The lowest BCUT2D eigenvalue weighted by atomic mass is 10.1. The minimum atomic E-state index is -1.19. The highest BCUT2D eigenvalue weighted by Gasteiger charge is 2.18. The Morgan fingerprint density at radius 3 is 2.15 bits per heavy atom. The number of para-hydroxylation sites is 1. The molecule has 0 saturated carbocycles. The van der Waals surface area contributed by atoms with Crippen LogP contribution in [0.4, 0.5) is 28.9 Å². The molecule has 3 N–H and O–H groups in total. The van der Waals surface area contributed by atoms with Crippen LogP contribution in [0.25, 0.3) is 0 Å². The van der Waals surface area contributed by atoms with Crippen molar-refractivity contribution >= 4 is 17.3 Å². The normalized spacial score (nSPS) is 10.4. The Bertz CT molecular complexity index is 668. The van der Waals surface area contributed by atoms with Crippen LogP contribution in [0.2, 0.25) is 0 Å². The molecule has 0 aliphatic carbocycles. The lowest BCUT2D eigenvalue weighted by molar-refractivity contribution is 0.102. The molecule has 2 aromatic rings. The molecule has 0 atom stereocenters. The number of halogens is 4.